The molecule has 1 saturated heterocycles. The number of hydrogen-bond acceptors (Lipinski definition) is 6. The van der Waals surface area contributed by atoms with Crippen molar-refractivity contribution in [2.24, 2.45) is 11.8 Å². The Kier molecular flexibility index (Phi) is 6.24. The average molecular weight is 410 g/mol. The maximum Gasteiger partial charge on any atom is 0.248 e. The van der Waals surface area contributed by atoms with Gasteiger partial charge in [0, 0.05) is 32.0 Å². The Morgan fingerprint density at radius 3 is 2.64 bits per heavy atom. The minimum absolute atomic E-state index is 0.00131. The quantitative estimate of drug-likeness (QED) is 0.752. The summed E-state index contributed by atoms with van der Waals surface area (Å²) in [6.07, 6.45) is 3.56. The summed E-state index contributed by atoms with van der Waals surface area (Å²) in [5.74, 6) is 1.13. The summed E-state index contributed by atoms with van der Waals surface area (Å²) in [6, 6.07) is 3.70. The highest BCUT2D eigenvalue weighted by molar-refractivity contribution is 7.89. The molecule has 2 aromatic rings. The number of amides is 1. The van der Waals surface area contributed by atoms with Gasteiger partial charge in [-0.15, -0.1) is 0 Å². The number of aromatic nitrogens is 1. The van der Waals surface area contributed by atoms with E-state index < -0.39 is 10.0 Å². The van der Waals surface area contributed by atoms with E-state index in [0.717, 1.165) is 5.76 Å². The van der Waals surface area contributed by atoms with E-state index in [0.29, 0.717) is 50.4 Å². The van der Waals surface area contributed by atoms with Gasteiger partial charge in [0.25, 0.3) is 0 Å². The lowest BCUT2D eigenvalue weighted by molar-refractivity contribution is -0.126. The summed E-state index contributed by atoms with van der Waals surface area (Å²) in [7, 11) is -3.62. The Bertz CT molecular complexity index is 877. The predicted molar refractivity (Wildman–Crippen MR) is 102 cm³/mol. The monoisotopic (exact) mass is 409 g/mol. The molecule has 1 aliphatic heterocycles. The van der Waals surface area contributed by atoms with Gasteiger partial charge in [0.1, 0.15) is 16.3 Å². The number of carbonyl (C=O) groups is 1. The number of aryl methyl sites for hydroxylation is 2. The van der Waals surface area contributed by atoms with Crippen LogP contribution in [0.15, 0.2) is 32.2 Å². The first-order valence-corrected chi connectivity index (χ1v) is 11.0. The van der Waals surface area contributed by atoms with Crippen molar-refractivity contribution in [2.45, 2.75) is 44.9 Å². The van der Waals surface area contributed by atoms with E-state index >= 15 is 0 Å². The summed E-state index contributed by atoms with van der Waals surface area (Å²) in [6.45, 7) is 6.45. The fraction of sp³-hybridized carbons (Fsp3) is 0.579. The number of nitrogens with one attached hydrogen (secondary N) is 1. The van der Waals surface area contributed by atoms with Gasteiger partial charge in [-0.05, 0) is 44.7 Å². The minimum atomic E-state index is -3.62. The number of rotatable bonds is 7. The second-order valence-electron chi connectivity index (χ2n) is 7.30. The molecule has 1 amide bonds. The number of hydrogen-bond donors (Lipinski definition) is 1. The number of piperidine rings is 1. The van der Waals surface area contributed by atoms with Gasteiger partial charge in [-0.25, -0.2) is 8.42 Å². The second-order valence-corrected chi connectivity index (χ2v) is 9.18. The second kappa shape index (κ2) is 8.48. The smallest absolute Gasteiger partial charge is 0.248 e. The van der Waals surface area contributed by atoms with Crippen LogP contribution in [0, 0.1) is 25.7 Å². The molecule has 1 N–H and O–H groups in total. The zero-order chi connectivity index (χ0) is 20.3. The molecule has 9 heteroatoms. The molecule has 0 radical (unpaired) electrons. The SMILES string of the molecule is Cc1noc(C)c1S(=O)(=O)N1CCC([C@H](C)C(=O)NCCc2ccco2)CC1. The van der Waals surface area contributed by atoms with E-state index in [1.165, 1.54) is 4.31 Å². The van der Waals surface area contributed by atoms with Gasteiger partial charge in [0.05, 0.1) is 6.26 Å². The van der Waals surface area contributed by atoms with Crippen molar-refractivity contribution in [2.75, 3.05) is 19.6 Å². The summed E-state index contributed by atoms with van der Waals surface area (Å²) in [4.78, 5) is 12.6. The molecule has 0 aliphatic carbocycles. The third-order valence-corrected chi connectivity index (χ3v) is 7.58. The van der Waals surface area contributed by atoms with E-state index in [2.05, 4.69) is 10.5 Å². The number of sulfonamides is 1. The number of furan rings is 1. The highest BCUT2D eigenvalue weighted by Gasteiger charge is 2.36. The number of nitrogens with zero attached hydrogens (tertiary/aromatic N) is 2. The summed E-state index contributed by atoms with van der Waals surface area (Å²) in [5.41, 5.74) is 0.379. The molecule has 2 aromatic heterocycles. The normalized spacial score (nSPS) is 17.5. The van der Waals surface area contributed by atoms with Crippen LogP contribution in [0.5, 0.6) is 0 Å². The van der Waals surface area contributed by atoms with E-state index in [-0.39, 0.29) is 22.6 Å². The standard InChI is InChI=1S/C19H27N3O5S/c1-13(19(23)20-9-6-17-5-4-12-26-17)16-7-10-22(11-8-16)28(24,25)18-14(2)21-27-15(18)3/h4-5,12-13,16H,6-11H2,1-3H3,(H,20,23)/t13-/m0/s1. The number of carbonyl (C=O) groups excluding carboxylic acids is 1. The zero-order valence-corrected chi connectivity index (χ0v) is 17.3. The van der Waals surface area contributed by atoms with Gasteiger partial charge in [-0.1, -0.05) is 12.1 Å². The van der Waals surface area contributed by atoms with Crippen LogP contribution in [0.4, 0.5) is 0 Å². The first-order chi connectivity index (χ1) is 13.3. The van der Waals surface area contributed by atoms with Gasteiger partial charge < -0.3 is 14.3 Å². The van der Waals surface area contributed by atoms with Gasteiger partial charge in [0.2, 0.25) is 15.9 Å². The molecular formula is C19H27N3O5S. The topological polar surface area (TPSA) is 106 Å². The molecule has 8 nitrogen and oxygen atoms in total. The fourth-order valence-corrected chi connectivity index (χ4v) is 5.49. The Morgan fingerprint density at radius 2 is 2.07 bits per heavy atom. The van der Waals surface area contributed by atoms with Crippen LogP contribution in [-0.2, 0) is 21.2 Å². The van der Waals surface area contributed by atoms with Crippen LogP contribution in [0.1, 0.15) is 37.0 Å². The van der Waals surface area contributed by atoms with Gasteiger partial charge in [-0.2, -0.15) is 4.31 Å². The minimum Gasteiger partial charge on any atom is -0.469 e. The Hall–Kier alpha value is -2.13. The van der Waals surface area contributed by atoms with Crippen LogP contribution < -0.4 is 5.32 Å². The summed E-state index contributed by atoms with van der Waals surface area (Å²) < 4.78 is 37.5. The van der Waals surface area contributed by atoms with Crippen molar-refractivity contribution in [1.29, 1.82) is 0 Å². The molecule has 0 bridgehead atoms. The molecule has 0 spiro atoms. The molecule has 1 fully saturated rings. The van der Waals surface area contributed by atoms with Crippen molar-refractivity contribution in [3.63, 3.8) is 0 Å². The summed E-state index contributed by atoms with van der Waals surface area (Å²) >= 11 is 0. The van der Waals surface area contributed by atoms with Gasteiger partial charge in [-0.3, -0.25) is 4.79 Å². The molecular weight excluding hydrogens is 382 g/mol. The van der Waals surface area contributed by atoms with E-state index in [1.807, 2.05) is 19.1 Å². The Balaban J connectivity index is 1.52. The zero-order valence-electron chi connectivity index (χ0n) is 16.5. The molecule has 3 rings (SSSR count). The average Bonchev–Trinajstić information content (AvgIpc) is 3.31. The van der Waals surface area contributed by atoms with Gasteiger partial charge in [0.15, 0.2) is 5.76 Å². The molecule has 0 unspecified atom stereocenters. The highest BCUT2D eigenvalue weighted by atomic mass is 32.2. The fourth-order valence-electron chi connectivity index (χ4n) is 3.73. The Morgan fingerprint density at radius 1 is 1.36 bits per heavy atom. The molecule has 1 atom stereocenters. The van der Waals surface area contributed by atoms with E-state index in [4.69, 9.17) is 8.94 Å². The van der Waals surface area contributed by atoms with E-state index in [1.54, 1.807) is 20.1 Å². The van der Waals surface area contributed by atoms with Crippen LogP contribution in [0.25, 0.3) is 0 Å². The van der Waals surface area contributed by atoms with Crippen molar-refractivity contribution in [3.8, 4) is 0 Å². The van der Waals surface area contributed by atoms with Crippen LogP contribution in [0.3, 0.4) is 0 Å². The van der Waals surface area contributed by atoms with Crippen LogP contribution in [0.2, 0.25) is 0 Å². The van der Waals surface area contributed by atoms with Gasteiger partial charge >= 0.3 is 0 Å². The lowest BCUT2D eigenvalue weighted by Gasteiger charge is -2.33. The maximum atomic E-state index is 12.9. The summed E-state index contributed by atoms with van der Waals surface area (Å²) in [5, 5.41) is 6.70. The molecule has 28 heavy (non-hydrogen) atoms. The van der Waals surface area contributed by atoms with Crippen molar-refractivity contribution in [1.82, 2.24) is 14.8 Å². The largest absolute Gasteiger partial charge is 0.469 e. The first-order valence-electron chi connectivity index (χ1n) is 9.54. The highest BCUT2D eigenvalue weighted by Crippen LogP contribution is 2.30. The van der Waals surface area contributed by atoms with E-state index in [9.17, 15) is 13.2 Å². The van der Waals surface area contributed by atoms with Crippen molar-refractivity contribution < 1.29 is 22.2 Å². The van der Waals surface area contributed by atoms with Crippen molar-refractivity contribution >= 4 is 15.9 Å². The first kappa shape index (κ1) is 20.6. The van der Waals surface area contributed by atoms with Crippen molar-refractivity contribution in [3.05, 3.63) is 35.6 Å². The Labute approximate surface area is 165 Å². The third-order valence-electron chi connectivity index (χ3n) is 5.44. The molecule has 3 heterocycles. The molecule has 0 saturated carbocycles. The molecule has 1 aliphatic rings. The lowest BCUT2D eigenvalue weighted by atomic mass is 9.85. The van der Waals surface area contributed by atoms with Crippen LogP contribution in [-0.4, -0.2) is 43.4 Å². The molecule has 154 valence electrons. The molecule has 0 aromatic carbocycles. The predicted octanol–water partition coefficient (Wildman–Crippen LogP) is 2.28. The van der Waals surface area contributed by atoms with Crippen LogP contribution >= 0.6 is 0 Å². The third kappa shape index (κ3) is 4.30. The lowest BCUT2D eigenvalue weighted by Crippen LogP contribution is -2.43. The maximum absolute atomic E-state index is 12.9.